The normalized spacial score (nSPS) is 11.3. The van der Waals surface area contributed by atoms with Crippen LogP contribution in [0.25, 0.3) is 22.3 Å². The van der Waals surface area contributed by atoms with Crippen LogP contribution in [-0.4, -0.2) is 27.7 Å². The van der Waals surface area contributed by atoms with Gasteiger partial charge in [-0.05, 0) is 78.1 Å². The summed E-state index contributed by atoms with van der Waals surface area (Å²) >= 11 is 0. The molecule has 3 aromatic carbocycles. The fourth-order valence-corrected chi connectivity index (χ4v) is 4.78. The Morgan fingerprint density at radius 3 is 2.47 bits per heavy atom. The summed E-state index contributed by atoms with van der Waals surface area (Å²) in [6.07, 6.45) is 7.85. The molecule has 36 heavy (non-hydrogen) atoms. The first-order chi connectivity index (χ1) is 17.5. The van der Waals surface area contributed by atoms with Crippen LogP contribution in [0.2, 0.25) is 0 Å². The van der Waals surface area contributed by atoms with Gasteiger partial charge in [-0.25, -0.2) is 0 Å². The molecule has 5 heteroatoms. The van der Waals surface area contributed by atoms with E-state index < -0.39 is 0 Å². The summed E-state index contributed by atoms with van der Waals surface area (Å²) in [7, 11) is 0. The van der Waals surface area contributed by atoms with Crippen LogP contribution in [0.5, 0.6) is 5.75 Å². The zero-order chi connectivity index (χ0) is 25.5. The number of aromatic nitrogens is 1. The first-order valence-corrected chi connectivity index (χ1v) is 12.3. The number of hydrogen-bond donors (Lipinski definition) is 3. The summed E-state index contributed by atoms with van der Waals surface area (Å²) in [5.74, 6) is -0.163. The first-order valence-electron chi connectivity index (χ1n) is 12.3. The number of nitrogens with zero attached hydrogens (tertiary/aromatic N) is 1. The number of aliphatic hydroxyl groups is 1. The van der Waals surface area contributed by atoms with E-state index in [1.165, 1.54) is 28.5 Å². The van der Waals surface area contributed by atoms with Gasteiger partial charge in [-0.15, -0.1) is 0 Å². The van der Waals surface area contributed by atoms with Crippen molar-refractivity contribution < 1.29 is 15.0 Å². The standard InChI is InChI=1S/C18H13NO.C13H19NO2/c20-15-9-14(10-19-11-15)17-7-3-5-13-8-12-4-1-2-6-16(12)18(13)17;1-10-6-7-12(13(14)16)11(9-10)5-3-2-4-8-15/h1-7,9-11,20H,8H2;6-7,9,15H,2-5,8H2,1H3,(H2,14,16). The summed E-state index contributed by atoms with van der Waals surface area (Å²) in [4.78, 5) is 15.3. The van der Waals surface area contributed by atoms with Crippen LogP contribution in [0, 0.1) is 6.92 Å². The maximum absolute atomic E-state index is 11.2. The third-order valence-corrected chi connectivity index (χ3v) is 6.48. The molecule has 0 saturated carbocycles. The van der Waals surface area contributed by atoms with E-state index in [0.717, 1.165) is 54.4 Å². The number of benzene rings is 3. The highest BCUT2D eigenvalue weighted by molar-refractivity contribution is 5.94. The molecule has 0 fully saturated rings. The van der Waals surface area contributed by atoms with Gasteiger partial charge in [0, 0.05) is 23.9 Å². The zero-order valence-corrected chi connectivity index (χ0v) is 20.6. The Morgan fingerprint density at radius 2 is 1.69 bits per heavy atom. The maximum atomic E-state index is 11.2. The lowest BCUT2D eigenvalue weighted by atomic mass is 9.95. The van der Waals surface area contributed by atoms with Gasteiger partial charge < -0.3 is 15.9 Å². The molecule has 1 heterocycles. The van der Waals surface area contributed by atoms with E-state index in [-0.39, 0.29) is 18.3 Å². The van der Waals surface area contributed by atoms with Crippen LogP contribution in [0.3, 0.4) is 0 Å². The fraction of sp³-hybridized carbons (Fsp3) is 0.226. The van der Waals surface area contributed by atoms with E-state index in [9.17, 15) is 9.90 Å². The van der Waals surface area contributed by atoms with E-state index in [1.54, 1.807) is 18.3 Å². The highest BCUT2D eigenvalue weighted by Gasteiger charge is 2.21. The third-order valence-electron chi connectivity index (χ3n) is 6.48. The van der Waals surface area contributed by atoms with Crippen molar-refractivity contribution in [2.75, 3.05) is 6.61 Å². The van der Waals surface area contributed by atoms with Crippen molar-refractivity contribution in [2.24, 2.45) is 5.73 Å². The Kier molecular flexibility index (Phi) is 8.13. The summed E-state index contributed by atoms with van der Waals surface area (Å²) < 4.78 is 0. The number of unbranched alkanes of at least 4 members (excludes halogenated alkanes) is 2. The monoisotopic (exact) mass is 480 g/mol. The predicted molar refractivity (Wildman–Crippen MR) is 144 cm³/mol. The Hall–Kier alpha value is -3.96. The number of fused-ring (bicyclic) bond motifs is 3. The minimum absolute atomic E-state index is 0.200. The van der Waals surface area contributed by atoms with E-state index >= 15 is 0 Å². The van der Waals surface area contributed by atoms with Crippen molar-refractivity contribution >= 4 is 5.91 Å². The van der Waals surface area contributed by atoms with Gasteiger partial charge in [-0.3, -0.25) is 9.78 Å². The van der Waals surface area contributed by atoms with Gasteiger partial charge in [0.05, 0.1) is 6.20 Å². The number of rotatable bonds is 7. The number of carbonyl (C=O) groups excluding carboxylic acids is 1. The van der Waals surface area contributed by atoms with Crippen LogP contribution in [0.15, 0.2) is 79.1 Å². The van der Waals surface area contributed by atoms with Crippen molar-refractivity contribution in [3.05, 3.63) is 107 Å². The van der Waals surface area contributed by atoms with Gasteiger partial charge in [-0.2, -0.15) is 0 Å². The van der Waals surface area contributed by atoms with Gasteiger partial charge in [0.15, 0.2) is 0 Å². The van der Waals surface area contributed by atoms with Crippen molar-refractivity contribution in [1.82, 2.24) is 4.98 Å². The lowest BCUT2D eigenvalue weighted by Gasteiger charge is -2.09. The first kappa shape index (κ1) is 25.1. The number of aromatic hydroxyl groups is 1. The molecule has 0 bridgehead atoms. The molecule has 1 aliphatic carbocycles. The molecular weight excluding hydrogens is 448 g/mol. The van der Waals surface area contributed by atoms with Crippen molar-refractivity contribution in [2.45, 2.75) is 39.0 Å². The second-order valence-corrected chi connectivity index (χ2v) is 9.16. The second-order valence-electron chi connectivity index (χ2n) is 9.16. The molecule has 0 spiro atoms. The van der Waals surface area contributed by atoms with Crippen LogP contribution < -0.4 is 5.73 Å². The average molecular weight is 481 g/mol. The van der Waals surface area contributed by atoms with E-state index in [2.05, 4.69) is 47.4 Å². The Balaban J connectivity index is 0.000000175. The summed E-state index contributed by atoms with van der Waals surface area (Å²) in [6, 6.07) is 22.3. The van der Waals surface area contributed by atoms with Crippen LogP contribution in [-0.2, 0) is 12.8 Å². The number of aryl methyl sites for hydroxylation is 2. The molecule has 0 saturated heterocycles. The summed E-state index contributed by atoms with van der Waals surface area (Å²) in [5, 5.41) is 18.3. The molecule has 5 nitrogen and oxygen atoms in total. The smallest absolute Gasteiger partial charge is 0.248 e. The highest BCUT2D eigenvalue weighted by Crippen LogP contribution is 2.42. The van der Waals surface area contributed by atoms with Gasteiger partial charge >= 0.3 is 0 Å². The minimum atomic E-state index is -0.364. The van der Waals surface area contributed by atoms with Gasteiger partial charge in [0.25, 0.3) is 0 Å². The number of carbonyl (C=O) groups is 1. The van der Waals surface area contributed by atoms with Crippen LogP contribution >= 0.6 is 0 Å². The number of nitrogens with two attached hydrogens (primary N) is 1. The van der Waals surface area contributed by atoms with Crippen molar-refractivity contribution in [1.29, 1.82) is 0 Å². The molecular formula is C31H32N2O3. The molecule has 1 amide bonds. The molecule has 5 rings (SSSR count). The summed E-state index contributed by atoms with van der Waals surface area (Å²) in [6.45, 7) is 2.23. The zero-order valence-electron chi connectivity index (χ0n) is 20.6. The quantitative estimate of drug-likeness (QED) is 0.256. The molecule has 0 radical (unpaired) electrons. The lowest BCUT2D eigenvalue weighted by Crippen LogP contribution is -2.13. The number of pyridine rings is 1. The van der Waals surface area contributed by atoms with E-state index in [0.29, 0.717) is 5.56 Å². The van der Waals surface area contributed by atoms with Gasteiger partial charge in [0.1, 0.15) is 5.75 Å². The molecule has 4 aromatic rings. The SMILES string of the molecule is Cc1ccc(C(N)=O)c(CCCCCO)c1.Oc1cncc(-c2cccc3c2-c2ccccc2C3)c1. The molecule has 0 aliphatic heterocycles. The Morgan fingerprint density at radius 1 is 0.917 bits per heavy atom. The Labute approximate surface area is 212 Å². The van der Waals surface area contributed by atoms with E-state index in [1.807, 2.05) is 19.1 Å². The summed E-state index contributed by atoms with van der Waals surface area (Å²) in [5.41, 5.74) is 15.5. The number of hydrogen-bond acceptors (Lipinski definition) is 4. The molecule has 1 aromatic heterocycles. The molecule has 0 unspecified atom stereocenters. The molecule has 4 N–H and O–H groups in total. The fourth-order valence-electron chi connectivity index (χ4n) is 4.78. The number of primary amides is 1. The number of amides is 1. The van der Waals surface area contributed by atoms with Gasteiger partial charge in [0.2, 0.25) is 5.91 Å². The molecule has 0 atom stereocenters. The number of aliphatic hydroxyl groups excluding tert-OH is 1. The largest absolute Gasteiger partial charge is 0.506 e. The molecule has 1 aliphatic rings. The second kappa shape index (κ2) is 11.6. The van der Waals surface area contributed by atoms with Crippen LogP contribution in [0.1, 0.15) is 51.9 Å². The topological polar surface area (TPSA) is 96.4 Å². The average Bonchev–Trinajstić information content (AvgIpc) is 3.26. The predicted octanol–water partition coefficient (Wildman–Crippen LogP) is 5.82. The lowest BCUT2D eigenvalue weighted by molar-refractivity contribution is 0.0999. The molecule has 184 valence electrons. The maximum Gasteiger partial charge on any atom is 0.248 e. The van der Waals surface area contributed by atoms with E-state index in [4.69, 9.17) is 10.8 Å². The van der Waals surface area contributed by atoms with Crippen molar-refractivity contribution in [3.8, 4) is 28.0 Å². The third kappa shape index (κ3) is 5.81. The van der Waals surface area contributed by atoms with Gasteiger partial charge in [-0.1, -0.05) is 66.6 Å². The highest BCUT2D eigenvalue weighted by atomic mass is 16.3. The van der Waals surface area contributed by atoms with Crippen LogP contribution in [0.4, 0.5) is 0 Å². The van der Waals surface area contributed by atoms with Crippen molar-refractivity contribution in [3.63, 3.8) is 0 Å². The Bertz CT molecular complexity index is 1360. The minimum Gasteiger partial charge on any atom is -0.506 e.